The highest BCUT2D eigenvalue weighted by molar-refractivity contribution is 5.98. The van der Waals surface area contributed by atoms with E-state index in [1.807, 2.05) is 6.07 Å². The molecule has 0 unspecified atom stereocenters. The van der Waals surface area contributed by atoms with Crippen LogP contribution in [0.3, 0.4) is 0 Å². The van der Waals surface area contributed by atoms with Gasteiger partial charge in [0.05, 0.1) is 20.3 Å². The molecular weight excluding hydrogens is 308 g/mol. The Kier molecular flexibility index (Phi) is 4.45. The second-order valence-electron chi connectivity index (χ2n) is 5.94. The van der Waals surface area contributed by atoms with Crippen molar-refractivity contribution in [2.45, 2.75) is 31.4 Å². The van der Waals surface area contributed by atoms with Gasteiger partial charge in [0.2, 0.25) is 0 Å². The van der Waals surface area contributed by atoms with E-state index in [0.717, 1.165) is 12.0 Å². The first-order chi connectivity index (χ1) is 11.6. The molecule has 0 aromatic heterocycles. The van der Waals surface area contributed by atoms with E-state index >= 15 is 0 Å². The van der Waals surface area contributed by atoms with Crippen molar-refractivity contribution in [1.29, 1.82) is 5.26 Å². The average Bonchev–Trinajstić information content (AvgIpc) is 2.60. The lowest BCUT2D eigenvalue weighted by Crippen LogP contribution is -2.42. The quantitative estimate of drug-likeness (QED) is 0.914. The Labute approximate surface area is 140 Å². The van der Waals surface area contributed by atoms with Gasteiger partial charge in [0.1, 0.15) is 11.7 Å². The number of nitrogens with zero attached hydrogens (tertiary/aromatic N) is 1. The highest BCUT2D eigenvalue weighted by Gasteiger charge is 2.43. The van der Waals surface area contributed by atoms with Crippen molar-refractivity contribution < 1.29 is 19.0 Å². The Morgan fingerprint density at radius 2 is 2.00 bits per heavy atom. The first-order valence-corrected chi connectivity index (χ1v) is 7.90. The average molecular weight is 328 g/mol. The maximum atomic E-state index is 12.5. The summed E-state index contributed by atoms with van der Waals surface area (Å²) in [5.41, 5.74) is 7.44. The van der Waals surface area contributed by atoms with Gasteiger partial charge in [-0.15, -0.1) is 0 Å². The highest BCUT2D eigenvalue weighted by Crippen LogP contribution is 2.45. The van der Waals surface area contributed by atoms with Crippen molar-refractivity contribution in [3.63, 3.8) is 0 Å². The van der Waals surface area contributed by atoms with Gasteiger partial charge in [-0.25, -0.2) is 0 Å². The number of rotatable bonds is 3. The van der Waals surface area contributed by atoms with Crippen LogP contribution in [0.4, 0.5) is 0 Å². The number of carbonyl (C=O) groups is 1. The normalized spacial score (nSPS) is 26.2. The molecule has 0 spiro atoms. The van der Waals surface area contributed by atoms with E-state index in [2.05, 4.69) is 6.07 Å². The van der Waals surface area contributed by atoms with Gasteiger partial charge in [-0.05, 0) is 24.1 Å². The van der Waals surface area contributed by atoms with Gasteiger partial charge < -0.3 is 14.2 Å². The number of benzene rings is 1. The maximum Gasteiger partial charge on any atom is 0.164 e. The Morgan fingerprint density at radius 3 is 2.67 bits per heavy atom. The van der Waals surface area contributed by atoms with E-state index in [9.17, 15) is 10.1 Å². The fourth-order valence-electron chi connectivity index (χ4n) is 3.48. The first-order valence-electron chi connectivity index (χ1n) is 7.90. The van der Waals surface area contributed by atoms with Gasteiger partial charge in [0, 0.05) is 24.3 Å². The number of hydrogen-bond donors (Lipinski definition) is 1. The Bertz CT molecular complexity index is 735. The minimum Gasteiger partial charge on any atom is -0.493 e. The van der Waals surface area contributed by atoms with Gasteiger partial charge in [-0.2, -0.15) is 5.26 Å². The zero-order valence-corrected chi connectivity index (χ0v) is 13.7. The van der Waals surface area contributed by atoms with Gasteiger partial charge in [-0.3, -0.25) is 10.5 Å². The number of ketones is 1. The molecule has 6 nitrogen and oxygen atoms in total. The molecule has 1 aliphatic carbocycles. The highest BCUT2D eigenvalue weighted by atomic mass is 16.5. The zero-order valence-electron chi connectivity index (χ0n) is 13.7. The van der Waals surface area contributed by atoms with E-state index in [1.54, 1.807) is 26.4 Å². The second kappa shape index (κ2) is 6.54. The number of hydrogen-bond acceptors (Lipinski definition) is 6. The number of nitriles is 1. The number of methoxy groups -OCH3 is 2. The van der Waals surface area contributed by atoms with E-state index in [1.165, 1.54) is 0 Å². The number of ether oxygens (including phenoxy) is 3. The van der Waals surface area contributed by atoms with Crippen molar-refractivity contribution in [3.05, 3.63) is 35.1 Å². The van der Waals surface area contributed by atoms with E-state index in [4.69, 9.17) is 19.9 Å². The predicted octanol–water partition coefficient (Wildman–Crippen LogP) is 2.25. The van der Waals surface area contributed by atoms with Crippen molar-refractivity contribution >= 4 is 5.78 Å². The fraction of sp³-hybridized carbons (Fsp3) is 0.444. The summed E-state index contributed by atoms with van der Waals surface area (Å²) in [7, 11) is 3.11. The molecule has 126 valence electrons. The summed E-state index contributed by atoms with van der Waals surface area (Å²) >= 11 is 0. The molecule has 2 N–H and O–H groups in total. The molecule has 3 atom stereocenters. The van der Waals surface area contributed by atoms with Crippen molar-refractivity contribution in [3.8, 4) is 17.6 Å². The molecule has 1 heterocycles. The van der Waals surface area contributed by atoms with Gasteiger partial charge in [0.25, 0.3) is 0 Å². The smallest absolute Gasteiger partial charge is 0.164 e. The van der Waals surface area contributed by atoms with Crippen LogP contribution in [-0.2, 0) is 9.53 Å². The van der Waals surface area contributed by atoms with Crippen LogP contribution >= 0.6 is 0 Å². The molecular formula is C18H20N2O4. The lowest BCUT2D eigenvalue weighted by Gasteiger charge is -2.37. The molecule has 2 aliphatic rings. The number of nitrogens with two attached hydrogens (primary N) is 1. The van der Waals surface area contributed by atoms with Gasteiger partial charge in [-0.1, -0.05) is 6.07 Å². The Balaban J connectivity index is 2.14. The molecule has 1 aromatic carbocycles. The minimum atomic E-state index is -0.752. The zero-order chi connectivity index (χ0) is 17.3. The molecule has 0 fully saturated rings. The van der Waals surface area contributed by atoms with Gasteiger partial charge >= 0.3 is 0 Å². The lowest BCUT2D eigenvalue weighted by molar-refractivity contribution is -0.117. The van der Waals surface area contributed by atoms with Crippen LogP contribution < -0.4 is 15.2 Å². The largest absolute Gasteiger partial charge is 0.493 e. The summed E-state index contributed by atoms with van der Waals surface area (Å²) in [6.07, 6.45) is 1.15. The lowest BCUT2D eigenvalue weighted by atomic mass is 9.73. The third-order valence-electron chi connectivity index (χ3n) is 4.63. The molecule has 0 saturated carbocycles. The monoisotopic (exact) mass is 328 g/mol. The molecule has 24 heavy (non-hydrogen) atoms. The van der Waals surface area contributed by atoms with Crippen LogP contribution in [-0.4, -0.2) is 26.2 Å². The van der Waals surface area contributed by atoms with Crippen LogP contribution in [0.5, 0.6) is 11.5 Å². The minimum absolute atomic E-state index is 0.0307. The Hall–Kier alpha value is -2.52. The van der Waals surface area contributed by atoms with Crippen LogP contribution in [0.2, 0.25) is 0 Å². The third-order valence-corrected chi connectivity index (χ3v) is 4.63. The molecule has 1 aliphatic heterocycles. The summed E-state index contributed by atoms with van der Waals surface area (Å²) in [4.78, 5) is 12.5. The van der Waals surface area contributed by atoms with E-state index in [-0.39, 0.29) is 5.78 Å². The molecule has 0 amide bonds. The summed E-state index contributed by atoms with van der Waals surface area (Å²) < 4.78 is 16.3. The van der Waals surface area contributed by atoms with Crippen molar-refractivity contribution in [2.75, 3.05) is 14.2 Å². The van der Waals surface area contributed by atoms with Gasteiger partial charge in [0.15, 0.2) is 23.5 Å². The third kappa shape index (κ3) is 2.61. The number of carbonyl (C=O) groups excluding carboxylic acids is 1. The molecule has 6 heteroatoms. The summed E-state index contributed by atoms with van der Waals surface area (Å²) in [6, 6.07) is 7.64. The summed E-state index contributed by atoms with van der Waals surface area (Å²) in [5.74, 6) is 0.755. The number of Topliss-reactive ketones (excluding diaryl/α,β-unsaturated/α-hetero) is 1. The fourth-order valence-corrected chi connectivity index (χ4v) is 3.48. The SMILES string of the molecule is COc1ccc([C@@H]2C3=C(CCCC3=O)O[C@@H](N)[C@@H]2C#N)cc1OC. The van der Waals surface area contributed by atoms with E-state index < -0.39 is 18.1 Å². The molecule has 0 saturated heterocycles. The van der Waals surface area contributed by atoms with Crippen LogP contribution in [0, 0.1) is 17.2 Å². The van der Waals surface area contributed by atoms with Crippen molar-refractivity contribution in [1.82, 2.24) is 0 Å². The molecule has 0 bridgehead atoms. The number of allylic oxidation sites excluding steroid dienone is 2. The molecule has 1 aromatic rings. The maximum absolute atomic E-state index is 12.5. The summed E-state index contributed by atoms with van der Waals surface area (Å²) in [6.45, 7) is 0. The van der Waals surface area contributed by atoms with Crippen molar-refractivity contribution in [2.24, 2.45) is 11.7 Å². The van der Waals surface area contributed by atoms with Crippen LogP contribution in [0.15, 0.2) is 29.5 Å². The van der Waals surface area contributed by atoms with Crippen LogP contribution in [0.25, 0.3) is 0 Å². The first kappa shape index (κ1) is 16.3. The molecule has 3 rings (SSSR count). The predicted molar refractivity (Wildman–Crippen MR) is 86.3 cm³/mol. The van der Waals surface area contributed by atoms with E-state index in [0.29, 0.717) is 35.7 Å². The second-order valence-corrected chi connectivity index (χ2v) is 5.94. The Morgan fingerprint density at radius 1 is 1.25 bits per heavy atom. The molecule has 0 radical (unpaired) electrons. The topological polar surface area (TPSA) is 94.6 Å². The standard InChI is InChI=1S/C18H20N2O4/c1-22-13-7-6-10(8-15(13)23-2)16-11(9-19)18(20)24-14-5-3-4-12(21)17(14)16/h6-8,11,16,18H,3-5,20H2,1-2H3/t11-,16+,18-/m1/s1. The van der Waals surface area contributed by atoms with Crippen LogP contribution in [0.1, 0.15) is 30.7 Å². The summed E-state index contributed by atoms with van der Waals surface area (Å²) in [5, 5.41) is 9.60.